The summed E-state index contributed by atoms with van der Waals surface area (Å²) in [7, 11) is 0. The molecule has 7 rings (SSSR count). The first kappa shape index (κ1) is 38.3. The Labute approximate surface area is 326 Å². The molecule has 1 aliphatic heterocycles. The Kier molecular flexibility index (Phi) is 10.7. The number of benzene rings is 2. The SMILES string of the molecule is CCn1nc(C)cc1C(=O)Nc1nc2cc(C(N)=O)cc3c2n1C/C=C/Cn1c(NC(=O)c2cc(C)nn2CC)nc2cc(C(N)=O)cc(c21)OCCNCCO3. The minimum Gasteiger partial charge on any atom is -0.490 e. The van der Waals surface area contributed by atoms with Crippen LogP contribution in [0.2, 0.25) is 0 Å². The molecule has 6 aromatic rings. The van der Waals surface area contributed by atoms with E-state index in [-0.39, 0.29) is 49.3 Å². The van der Waals surface area contributed by atoms with Crippen molar-refractivity contribution in [2.24, 2.45) is 11.5 Å². The van der Waals surface area contributed by atoms with Crippen molar-refractivity contribution in [3.05, 3.63) is 82.5 Å². The van der Waals surface area contributed by atoms with Crippen LogP contribution in [0.3, 0.4) is 0 Å². The van der Waals surface area contributed by atoms with Gasteiger partial charge in [-0.1, -0.05) is 12.2 Å². The van der Waals surface area contributed by atoms with Gasteiger partial charge in [-0.3, -0.25) is 39.2 Å². The number of ether oxygens (including phenoxy) is 2. The highest BCUT2D eigenvalue weighted by molar-refractivity contribution is 6.05. The lowest BCUT2D eigenvalue weighted by atomic mass is 10.1. The molecule has 0 saturated heterocycles. The number of anilines is 2. The summed E-state index contributed by atoms with van der Waals surface area (Å²) < 4.78 is 19.2. The van der Waals surface area contributed by atoms with E-state index in [1.807, 2.05) is 26.0 Å². The molecule has 296 valence electrons. The van der Waals surface area contributed by atoms with Crippen LogP contribution >= 0.6 is 0 Å². The smallest absolute Gasteiger partial charge is 0.276 e. The maximum atomic E-state index is 13.7. The molecule has 0 atom stereocenters. The summed E-state index contributed by atoms with van der Waals surface area (Å²) in [5, 5.41) is 17.9. The summed E-state index contributed by atoms with van der Waals surface area (Å²) >= 11 is 0. The first-order valence-electron chi connectivity index (χ1n) is 18.5. The summed E-state index contributed by atoms with van der Waals surface area (Å²) in [5.41, 5.74) is 15.7. The predicted octanol–water partition coefficient (Wildman–Crippen LogP) is 2.76. The topological polar surface area (TPSA) is 246 Å². The quantitative estimate of drug-likeness (QED) is 0.141. The molecule has 7 N–H and O–H groups in total. The predicted molar refractivity (Wildman–Crippen MR) is 211 cm³/mol. The maximum absolute atomic E-state index is 13.7. The normalized spacial score (nSPS) is 14.1. The van der Waals surface area contributed by atoms with E-state index in [9.17, 15) is 19.2 Å². The minimum absolute atomic E-state index is 0.182. The number of aromatic nitrogens is 8. The number of carbonyl (C=O) groups excluding carboxylic acids is 4. The molecule has 19 nitrogen and oxygen atoms in total. The number of hydrogen-bond donors (Lipinski definition) is 5. The summed E-state index contributed by atoms with van der Waals surface area (Å²) in [4.78, 5) is 61.6. The lowest BCUT2D eigenvalue weighted by Crippen LogP contribution is -2.26. The Morgan fingerprint density at radius 1 is 0.684 bits per heavy atom. The molecule has 19 heteroatoms. The second kappa shape index (κ2) is 16.0. The van der Waals surface area contributed by atoms with Crippen LogP contribution < -0.4 is 36.9 Å². The molecule has 5 heterocycles. The standard InChI is InChI=1S/C38H43N13O6/c1-5-50-27(15-21(3)46-50)35(54)44-37-42-25-17-23(33(39)52)19-29-31(25)48(37)11-7-8-12-49-32-26(43-38(49)45-36(55)28-16-22(4)47-51(28)6-2)18-24(34(40)53)20-30(32)57-14-10-41-9-13-56-29/h7-8,15-20,41H,5-6,9-14H2,1-4H3,(H2,39,52)(H2,40,53)(H,42,44,54)(H,43,45,55)/b8-7+. The Morgan fingerprint density at radius 3 is 1.49 bits per heavy atom. The zero-order valence-corrected chi connectivity index (χ0v) is 32.0. The van der Waals surface area contributed by atoms with Crippen LogP contribution in [0.5, 0.6) is 11.5 Å². The number of hydrogen-bond acceptors (Lipinski definition) is 11. The Hall–Kier alpha value is -7.02. The van der Waals surface area contributed by atoms with Gasteiger partial charge in [-0.2, -0.15) is 10.2 Å². The average Bonchev–Trinajstić information content (AvgIpc) is 3.94. The number of amides is 4. The van der Waals surface area contributed by atoms with Gasteiger partial charge in [0, 0.05) is 50.4 Å². The molecular weight excluding hydrogens is 735 g/mol. The van der Waals surface area contributed by atoms with Crippen molar-refractivity contribution in [1.82, 2.24) is 44.0 Å². The van der Waals surface area contributed by atoms with Crippen molar-refractivity contribution in [1.29, 1.82) is 0 Å². The first-order chi connectivity index (χ1) is 27.4. The highest BCUT2D eigenvalue weighted by Crippen LogP contribution is 2.33. The van der Waals surface area contributed by atoms with Crippen molar-refractivity contribution in [2.45, 2.75) is 53.9 Å². The van der Waals surface area contributed by atoms with Crippen LogP contribution in [-0.2, 0) is 26.2 Å². The molecule has 1 aliphatic rings. The molecule has 0 saturated carbocycles. The fourth-order valence-electron chi connectivity index (χ4n) is 6.73. The molecule has 0 bridgehead atoms. The van der Waals surface area contributed by atoms with Gasteiger partial charge in [-0.25, -0.2) is 9.97 Å². The minimum atomic E-state index is -0.666. The number of imidazole rings is 2. The van der Waals surface area contributed by atoms with Gasteiger partial charge in [-0.05, 0) is 64.1 Å². The van der Waals surface area contributed by atoms with Crippen molar-refractivity contribution in [3.63, 3.8) is 0 Å². The first-order valence-corrected chi connectivity index (χ1v) is 18.5. The lowest BCUT2D eigenvalue weighted by molar-refractivity contribution is 0.0991. The number of nitrogens with one attached hydrogen (secondary N) is 3. The molecule has 57 heavy (non-hydrogen) atoms. The van der Waals surface area contributed by atoms with Crippen molar-refractivity contribution in [3.8, 4) is 11.5 Å². The van der Waals surface area contributed by atoms with Crippen LogP contribution in [0, 0.1) is 13.8 Å². The highest BCUT2D eigenvalue weighted by Gasteiger charge is 2.24. The van der Waals surface area contributed by atoms with Gasteiger partial charge in [0.05, 0.1) is 22.4 Å². The van der Waals surface area contributed by atoms with E-state index in [1.54, 1.807) is 68.7 Å². The number of allylic oxidation sites excluding steroid dienone is 2. The monoisotopic (exact) mass is 777 g/mol. The summed E-state index contributed by atoms with van der Waals surface area (Å²) in [5.74, 6) is -1.11. The van der Waals surface area contributed by atoms with Gasteiger partial charge < -0.3 is 35.4 Å². The molecule has 4 aromatic heterocycles. The van der Waals surface area contributed by atoms with E-state index >= 15 is 0 Å². The third-order valence-corrected chi connectivity index (χ3v) is 9.32. The third-order valence-electron chi connectivity index (χ3n) is 9.32. The number of rotatable bonds is 8. The summed E-state index contributed by atoms with van der Waals surface area (Å²) in [6.07, 6.45) is 3.71. The molecule has 0 unspecified atom stereocenters. The number of nitrogens with zero attached hydrogens (tertiary/aromatic N) is 8. The highest BCUT2D eigenvalue weighted by atomic mass is 16.5. The van der Waals surface area contributed by atoms with Crippen molar-refractivity contribution < 1.29 is 28.7 Å². The van der Waals surface area contributed by atoms with E-state index in [0.717, 1.165) is 0 Å². The number of carbonyl (C=O) groups is 4. The van der Waals surface area contributed by atoms with Crippen LogP contribution in [0.1, 0.15) is 66.9 Å². The Morgan fingerprint density at radius 2 is 1.11 bits per heavy atom. The lowest BCUT2D eigenvalue weighted by Gasteiger charge is -2.13. The van der Waals surface area contributed by atoms with Crippen LogP contribution in [0.25, 0.3) is 22.1 Å². The van der Waals surface area contributed by atoms with Gasteiger partial charge in [0.15, 0.2) is 0 Å². The van der Waals surface area contributed by atoms with Gasteiger partial charge >= 0.3 is 0 Å². The van der Waals surface area contributed by atoms with Crippen LogP contribution in [0.4, 0.5) is 11.9 Å². The number of aryl methyl sites for hydroxylation is 4. The van der Waals surface area contributed by atoms with Crippen molar-refractivity contribution >= 4 is 57.6 Å². The second-order valence-corrected chi connectivity index (χ2v) is 13.3. The fraction of sp³-hybridized carbons (Fsp3) is 0.316. The van der Waals surface area contributed by atoms with Gasteiger partial charge in [0.2, 0.25) is 23.7 Å². The van der Waals surface area contributed by atoms with Gasteiger partial charge in [0.1, 0.15) is 47.1 Å². The fourth-order valence-corrected chi connectivity index (χ4v) is 6.73. The van der Waals surface area contributed by atoms with Crippen molar-refractivity contribution in [2.75, 3.05) is 36.9 Å². The zero-order chi connectivity index (χ0) is 40.4. The average molecular weight is 778 g/mol. The van der Waals surface area contributed by atoms with Crippen LogP contribution in [-0.4, -0.2) is 88.6 Å². The van der Waals surface area contributed by atoms with Crippen LogP contribution in [0.15, 0.2) is 48.6 Å². The molecule has 0 spiro atoms. The number of nitrogens with two attached hydrogens (primary N) is 2. The summed E-state index contributed by atoms with van der Waals surface area (Å²) in [6.45, 7) is 9.89. The summed E-state index contributed by atoms with van der Waals surface area (Å²) in [6, 6.07) is 9.61. The third kappa shape index (κ3) is 7.77. The maximum Gasteiger partial charge on any atom is 0.276 e. The molecular formula is C38H43N13O6. The van der Waals surface area contributed by atoms with E-state index in [0.29, 0.717) is 82.5 Å². The molecule has 0 aliphatic carbocycles. The van der Waals surface area contributed by atoms with E-state index in [2.05, 4.69) is 26.1 Å². The Balaban J connectivity index is 1.32. The van der Waals surface area contributed by atoms with E-state index in [4.69, 9.17) is 30.9 Å². The Bertz CT molecular complexity index is 2400. The second-order valence-electron chi connectivity index (χ2n) is 13.3. The number of primary amides is 2. The molecule has 0 radical (unpaired) electrons. The molecule has 2 aromatic carbocycles. The molecule has 0 fully saturated rings. The largest absolute Gasteiger partial charge is 0.490 e. The van der Waals surface area contributed by atoms with E-state index < -0.39 is 23.6 Å². The zero-order valence-electron chi connectivity index (χ0n) is 32.0. The van der Waals surface area contributed by atoms with E-state index in [1.165, 1.54) is 0 Å². The van der Waals surface area contributed by atoms with Gasteiger partial charge in [0.25, 0.3) is 11.8 Å². The molecule has 4 amide bonds. The van der Waals surface area contributed by atoms with Gasteiger partial charge in [-0.15, -0.1) is 0 Å².